The summed E-state index contributed by atoms with van der Waals surface area (Å²) in [6.45, 7) is 3.39. The Balaban J connectivity index is 1.61. The fraction of sp³-hybridized carbons (Fsp3) is 0.389. The molecular weight excluding hydrogens is 308 g/mol. The second kappa shape index (κ2) is 6.47. The van der Waals surface area contributed by atoms with Crippen molar-refractivity contribution in [3.8, 4) is 0 Å². The smallest absolute Gasteiger partial charge is 0.326 e. The highest BCUT2D eigenvalue weighted by Crippen LogP contribution is 2.38. The summed E-state index contributed by atoms with van der Waals surface area (Å²) in [7, 11) is 0. The van der Waals surface area contributed by atoms with Crippen LogP contribution in [0.15, 0.2) is 35.3 Å². The number of Topliss-reactive ketones (excluding diaryl/α,β-unsaturated/α-hetero) is 1. The van der Waals surface area contributed by atoms with Gasteiger partial charge < -0.3 is 13.9 Å². The Bertz CT molecular complexity index is 843. The molecule has 0 saturated heterocycles. The largest absolute Gasteiger partial charge is 0.456 e. The predicted molar refractivity (Wildman–Crippen MR) is 88.2 cm³/mol. The molecule has 24 heavy (non-hydrogen) atoms. The van der Waals surface area contributed by atoms with Crippen molar-refractivity contribution >= 4 is 11.8 Å². The maximum absolute atomic E-state index is 12.3. The van der Waals surface area contributed by atoms with E-state index in [2.05, 4.69) is 4.57 Å². The van der Waals surface area contributed by atoms with Gasteiger partial charge in [-0.2, -0.15) is 0 Å². The molecule has 0 atom stereocenters. The number of pyridine rings is 1. The summed E-state index contributed by atoms with van der Waals surface area (Å²) in [5, 5.41) is 0. The first kappa shape index (κ1) is 16.2. The quantitative estimate of drug-likeness (QED) is 0.601. The lowest BCUT2D eigenvalue weighted by molar-refractivity contribution is -0.143. The van der Waals surface area contributed by atoms with E-state index in [4.69, 9.17) is 4.74 Å². The first-order valence-corrected chi connectivity index (χ1v) is 8.00. The molecule has 2 aromatic rings. The second-order valence-corrected chi connectivity index (χ2v) is 6.14. The lowest BCUT2D eigenvalue weighted by atomic mass is 10.1. The van der Waals surface area contributed by atoms with Gasteiger partial charge in [0, 0.05) is 35.3 Å². The maximum atomic E-state index is 12.3. The van der Waals surface area contributed by atoms with Crippen molar-refractivity contribution in [2.45, 2.75) is 39.3 Å². The summed E-state index contributed by atoms with van der Waals surface area (Å²) in [4.78, 5) is 35.7. The number of nitrogens with zero attached hydrogens (tertiary/aromatic N) is 2. The van der Waals surface area contributed by atoms with Crippen molar-refractivity contribution in [1.29, 1.82) is 0 Å². The molecule has 0 unspecified atom stereocenters. The lowest BCUT2D eigenvalue weighted by Crippen LogP contribution is -2.25. The van der Waals surface area contributed by atoms with E-state index in [0.717, 1.165) is 24.2 Å². The fourth-order valence-electron chi connectivity index (χ4n) is 2.95. The van der Waals surface area contributed by atoms with E-state index in [1.165, 1.54) is 16.8 Å². The Kier molecular flexibility index (Phi) is 4.38. The molecule has 0 spiro atoms. The van der Waals surface area contributed by atoms with Crippen LogP contribution in [0.4, 0.5) is 0 Å². The van der Waals surface area contributed by atoms with Gasteiger partial charge in [0.2, 0.25) is 5.78 Å². The summed E-state index contributed by atoms with van der Waals surface area (Å²) in [5.41, 5.74) is 2.30. The molecule has 2 aromatic heterocycles. The van der Waals surface area contributed by atoms with Crippen LogP contribution < -0.4 is 5.56 Å². The van der Waals surface area contributed by atoms with Crippen molar-refractivity contribution in [3.05, 3.63) is 57.8 Å². The second-order valence-electron chi connectivity index (χ2n) is 6.14. The van der Waals surface area contributed by atoms with Gasteiger partial charge in [0.1, 0.15) is 6.54 Å². The minimum Gasteiger partial charge on any atom is -0.456 e. The minimum atomic E-state index is -0.604. The monoisotopic (exact) mass is 328 g/mol. The third-order valence-electron chi connectivity index (χ3n) is 4.26. The number of aryl methyl sites for hydroxylation is 1. The number of esters is 1. The van der Waals surface area contributed by atoms with Crippen LogP contribution in [0.1, 0.15) is 40.6 Å². The summed E-state index contributed by atoms with van der Waals surface area (Å²) in [6, 6.07) is 6.98. The predicted octanol–water partition coefficient (Wildman–Crippen LogP) is 2.03. The topological polar surface area (TPSA) is 70.3 Å². The normalized spacial score (nSPS) is 13.8. The maximum Gasteiger partial charge on any atom is 0.326 e. The molecule has 0 bridgehead atoms. The Morgan fingerprint density at radius 1 is 1.25 bits per heavy atom. The number of aromatic nitrogens is 2. The molecule has 6 nitrogen and oxygen atoms in total. The minimum absolute atomic E-state index is 0.200. The zero-order chi connectivity index (χ0) is 17.3. The molecule has 1 saturated carbocycles. The van der Waals surface area contributed by atoms with E-state index in [-0.39, 0.29) is 24.5 Å². The molecule has 0 amide bonds. The van der Waals surface area contributed by atoms with Crippen LogP contribution in [-0.2, 0) is 16.1 Å². The van der Waals surface area contributed by atoms with E-state index < -0.39 is 5.97 Å². The van der Waals surface area contributed by atoms with Gasteiger partial charge >= 0.3 is 5.97 Å². The molecule has 1 fully saturated rings. The van der Waals surface area contributed by atoms with Gasteiger partial charge in [-0.15, -0.1) is 0 Å². The SMILES string of the molecule is Cc1cc(C(=O)COC(=O)Cn2ccccc2=O)c(C)n1C1CC1. The van der Waals surface area contributed by atoms with Crippen LogP contribution in [0.5, 0.6) is 0 Å². The Labute approximate surface area is 139 Å². The molecule has 0 aromatic carbocycles. The average molecular weight is 328 g/mol. The van der Waals surface area contributed by atoms with Crippen molar-refractivity contribution in [2.24, 2.45) is 0 Å². The Morgan fingerprint density at radius 3 is 2.67 bits per heavy atom. The Morgan fingerprint density at radius 2 is 2.00 bits per heavy atom. The number of carbonyl (C=O) groups excluding carboxylic acids is 2. The van der Waals surface area contributed by atoms with Gasteiger partial charge in [-0.05, 0) is 38.8 Å². The summed E-state index contributed by atoms with van der Waals surface area (Å²) < 4.78 is 8.46. The number of hydrogen-bond acceptors (Lipinski definition) is 4. The average Bonchev–Trinajstić information content (AvgIpc) is 3.33. The fourth-order valence-corrected chi connectivity index (χ4v) is 2.95. The molecule has 0 aliphatic heterocycles. The van der Waals surface area contributed by atoms with E-state index in [9.17, 15) is 14.4 Å². The number of rotatable bonds is 6. The van der Waals surface area contributed by atoms with Gasteiger partial charge in [0.15, 0.2) is 6.61 Å². The molecule has 1 aliphatic carbocycles. The number of carbonyl (C=O) groups is 2. The molecule has 1 aliphatic rings. The zero-order valence-electron chi connectivity index (χ0n) is 13.8. The molecule has 126 valence electrons. The van der Waals surface area contributed by atoms with E-state index >= 15 is 0 Å². The van der Waals surface area contributed by atoms with E-state index in [0.29, 0.717) is 11.6 Å². The molecule has 6 heteroatoms. The molecule has 2 heterocycles. The van der Waals surface area contributed by atoms with Crippen LogP contribution in [0, 0.1) is 13.8 Å². The van der Waals surface area contributed by atoms with Crippen LogP contribution in [0.2, 0.25) is 0 Å². The van der Waals surface area contributed by atoms with E-state index in [1.54, 1.807) is 12.1 Å². The number of ether oxygens (including phenoxy) is 1. The molecular formula is C18H20N2O4. The van der Waals surface area contributed by atoms with Gasteiger partial charge in [0.25, 0.3) is 5.56 Å². The molecule has 3 rings (SSSR count). The summed E-state index contributed by atoms with van der Waals surface area (Å²) in [5.74, 6) is -0.823. The zero-order valence-corrected chi connectivity index (χ0v) is 13.8. The van der Waals surface area contributed by atoms with Gasteiger partial charge in [-0.25, -0.2) is 0 Å². The third-order valence-corrected chi connectivity index (χ3v) is 4.26. The van der Waals surface area contributed by atoms with Crippen molar-refractivity contribution in [1.82, 2.24) is 9.13 Å². The standard InChI is InChI=1S/C18H20N2O4/c1-12-9-15(13(2)20(12)14-6-7-14)16(21)11-24-18(23)10-19-8-4-3-5-17(19)22/h3-5,8-9,14H,6-7,10-11H2,1-2H3. The van der Waals surface area contributed by atoms with Crippen LogP contribution in [0.3, 0.4) is 0 Å². The highest BCUT2D eigenvalue weighted by atomic mass is 16.5. The van der Waals surface area contributed by atoms with Crippen molar-refractivity contribution in [3.63, 3.8) is 0 Å². The van der Waals surface area contributed by atoms with Gasteiger partial charge in [-0.1, -0.05) is 6.07 Å². The highest BCUT2D eigenvalue weighted by molar-refractivity contribution is 5.99. The third kappa shape index (κ3) is 3.32. The van der Waals surface area contributed by atoms with Crippen molar-refractivity contribution < 1.29 is 14.3 Å². The first-order chi connectivity index (χ1) is 11.5. The van der Waals surface area contributed by atoms with Crippen LogP contribution in [-0.4, -0.2) is 27.5 Å². The highest BCUT2D eigenvalue weighted by Gasteiger charge is 2.28. The van der Waals surface area contributed by atoms with Gasteiger partial charge in [-0.3, -0.25) is 14.4 Å². The molecule has 0 radical (unpaired) electrons. The summed E-state index contributed by atoms with van der Waals surface area (Å²) >= 11 is 0. The number of hydrogen-bond donors (Lipinski definition) is 0. The van der Waals surface area contributed by atoms with Crippen molar-refractivity contribution in [2.75, 3.05) is 6.61 Å². The summed E-state index contributed by atoms with van der Waals surface area (Å²) in [6.07, 6.45) is 3.80. The molecule has 0 N–H and O–H groups in total. The van der Waals surface area contributed by atoms with E-state index in [1.807, 2.05) is 19.9 Å². The first-order valence-electron chi connectivity index (χ1n) is 8.00. The number of ketones is 1. The van der Waals surface area contributed by atoms with Crippen LogP contribution >= 0.6 is 0 Å². The van der Waals surface area contributed by atoms with Crippen LogP contribution in [0.25, 0.3) is 0 Å². The lowest BCUT2D eigenvalue weighted by Gasteiger charge is -2.08. The Hall–Kier alpha value is -2.63. The van der Waals surface area contributed by atoms with Gasteiger partial charge in [0.05, 0.1) is 0 Å².